The molecule has 0 fully saturated rings. The number of aliphatic hydroxyl groups excluding tert-OH is 1. The molecule has 0 aliphatic heterocycles. The number of methoxy groups -OCH3 is 1. The molecule has 3 N–H and O–H groups in total. The Bertz CT molecular complexity index is 876. The zero-order valence-electron chi connectivity index (χ0n) is 13.9. The standard InChI is InChI=1S/C18H16FN3O3S/c1-24-13-8-14(16(19)15(9-13)25-7-6-23)17(18(21)26)22-12-4-2-11(10-20)3-5-12/h2-5,8-9,23H,6-7H2,1H3,(H2,21,26). The molecule has 6 nitrogen and oxygen atoms in total. The van der Waals surface area contributed by atoms with Gasteiger partial charge in [0.25, 0.3) is 0 Å². The van der Waals surface area contributed by atoms with Gasteiger partial charge in [0, 0.05) is 11.6 Å². The van der Waals surface area contributed by atoms with Crippen molar-refractivity contribution >= 4 is 28.6 Å². The lowest BCUT2D eigenvalue weighted by molar-refractivity contribution is 0.196. The minimum Gasteiger partial charge on any atom is -0.497 e. The van der Waals surface area contributed by atoms with Gasteiger partial charge in [-0.25, -0.2) is 9.38 Å². The van der Waals surface area contributed by atoms with Crippen molar-refractivity contribution < 1.29 is 19.0 Å². The van der Waals surface area contributed by atoms with Crippen LogP contribution in [0, 0.1) is 17.1 Å². The number of nitrogens with two attached hydrogens (primary N) is 1. The van der Waals surface area contributed by atoms with Gasteiger partial charge >= 0.3 is 0 Å². The zero-order valence-corrected chi connectivity index (χ0v) is 14.7. The number of nitrogens with zero attached hydrogens (tertiary/aromatic N) is 2. The molecule has 26 heavy (non-hydrogen) atoms. The van der Waals surface area contributed by atoms with Crippen molar-refractivity contribution in [2.45, 2.75) is 0 Å². The fourth-order valence-corrected chi connectivity index (χ4v) is 2.27. The number of thiocarbonyl (C=S) groups is 1. The van der Waals surface area contributed by atoms with Crippen molar-refractivity contribution in [3.8, 4) is 17.6 Å². The lowest BCUT2D eigenvalue weighted by Gasteiger charge is -2.13. The van der Waals surface area contributed by atoms with Crippen LogP contribution in [0.25, 0.3) is 0 Å². The molecule has 134 valence electrons. The van der Waals surface area contributed by atoms with Crippen LogP contribution in [0.15, 0.2) is 41.4 Å². The first-order valence-electron chi connectivity index (χ1n) is 7.50. The first kappa shape index (κ1) is 19.3. The Balaban J connectivity index is 2.56. The lowest BCUT2D eigenvalue weighted by Crippen LogP contribution is -2.23. The van der Waals surface area contributed by atoms with Crippen molar-refractivity contribution in [2.24, 2.45) is 10.7 Å². The van der Waals surface area contributed by atoms with E-state index in [0.717, 1.165) is 0 Å². The largest absolute Gasteiger partial charge is 0.497 e. The van der Waals surface area contributed by atoms with E-state index in [-0.39, 0.29) is 35.2 Å². The molecule has 0 atom stereocenters. The van der Waals surface area contributed by atoms with Gasteiger partial charge in [-0.3, -0.25) is 0 Å². The first-order chi connectivity index (χ1) is 12.5. The van der Waals surface area contributed by atoms with Gasteiger partial charge in [-0.15, -0.1) is 0 Å². The van der Waals surface area contributed by atoms with Crippen LogP contribution in [0.1, 0.15) is 11.1 Å². The van der Waals surface area contributed by atoms with Gasteiger partial charge in [0.2, 0.25) is 0 Å². The maximum Gasteiger partial charge on any atom is 0.174 e. The lowest BCUT2D eigenvalue weighted by atomic mass is 10.1. The van der Waals surface area contributed by atoms with E-state index in [9.17, 15) is 4.39 Å². The molecule has 0 saturated heterocycles. The van der Waals surface area contributed by atoms with Gasteiger partial charge in [0.05, 0.1) is 31.0 Å². The van der Waals surface area contributed by atoms with Crippen LogP contribution < -0.4 is 15.2 Å². The Hall–Kier alpha value is -3.02. The first-order valence-corrected chi connectivity index (χ1v) is 7.91. The summed E-state index contributed by atoms with van der Waals surface area (Å²) < 4.78 is 25.2. The molecule has 0 spiro atoms. The summed E-state index contributed by atoms with van der Waals surface area (Å²) in [5, 5.41) is 17.7. The molecule has 8 heteroatoms. The van der Waals surface area contributed by atoms with Crippen molar-refractivity contribution in [1.29, 1.82) is 5.26 Å². The number of hydrogen-bond donors (Lipinski definition) is 2. The zero-order chi connectivity index (χ0) is 19.1. The summed E-state index contributed by atoms with van der Waals surface area (Å²) in [6, 6.07) is 11.1. The number of benzene rings is 2. The Morgan fingerprint density at radius 1 is 1.35 bits per heavy atom. The van der Waals surface area contributed by atoms with Gasteiger partial charge in [-0.1, -0.05) is 12.2 Å². The number of nitriles is 1. The highest BCUT2D eigenvalue weighted by Gasteiger charge is 2.19. The third-order valence-electron chi connectivity index (χ3n) is 3.32. The summed E-state index contributed by atoms with van der Waals surface area (Å²) in [5.41, 5.74) is 6.71. The van der Waals surface area contributed by atoms with E-state index < -0.39 is 5.82 Å². The highest BCUT2D eigenvalue weighted by atomic mass is 32.1. The molecule has 2 aromatic rings. The SMILES string of the molecule is COc1cc(OCCO)c(F)c(C(=Nc2ccc(C#N)cc2)C(N)=S)c1. The number of hydrogen-bond acceptors (Lipinski definition) is 6. The molecule has 0 aromatic heterocycles. The maximum absolute atomic E-state index is 14.8. The predicted octanol–water partition coefficient (Wildman–Crippen LogP) is 2.48. The van der Waals surface area contributed by atoms with E-state index >= 15 is 0 Å². The van der Waals surface area contributed by atoms with E-state index in [1.54, 1.807) is 24.3 Å². The van der Waals surface area contributed by atoms with Crippen molar-refractivity contribution in [1.82, 2.24) is 0 Å². The monoisotopic (exact) mass is 373 g/mol. The van der Waals surface area contributed by atoms with Crippen LogP contribution >= 0.6 is 12.2 Å². The van der Waals surface area contributed by atoms with E-state index in [0.29, 0.717) is 17.0 Å². The molecule has 0 saturated carbocycles. The van der Waals surface area contributed by atoms with E-state index in [1.807, 2.05) is 6.07 Å². The molecule has 0 aliphatic carbocycles. The fraction of sp³-hybridized carbons (Fsp3) is 0.167. The van der Waals surface area contributed by atoms with Crippen LogP contribution in [0.2, 0.25) is 0 Å². The van der Waals surface area contributed by atoms with Gasteiger partial charge in [0.15, 0.2) is 11.6 Å². The normalized spacial score (nSPS) is 10.9. The number of aliphatic imine (C=N–C) groups is 1. The fourth-order valence-electron chi connectivity index (χ4n) is 2.11. The topological polar surface area (TPSA) is 101 Å². The Morgan fingerprint density at radius 3 is 2.58 bits per heavy atom. The third kappa shape index (κ3) is 4.53. The van der Waals surface area contributed by atoms with E-state index in [4.69, 9.17) is 37.8 Å². The summed E-state index contributed by atoms with van der Waals surface area (Å²) in [4.78, 5) is 4.19. The van der Waals surface area contributed by atoms with Crippen LogP contribution in [-0.4, -0.2) is 36.1 Å². The van der Waals surface area contributed by atoms with Crippen LogP contribution in [0.4, 0.5) is 10.1 Å². The number of aliphatic hydroxyl groups is 1. The van der Waals surface area contributed by atoms with Crippen LogP contribution in [0.3, 0.4) is 0 Å². The quantitative estimate of drug-likeness (QED) is 0.571. The molecule has 0 radical (unpaired) electrons. The Kier molecular flexibility index (Phi) is 6.60. The number of rotatable bonds is 7. The van der Waals surface area contributed by atoms with Gasteiger partial charge in [-0.05, 0) is 30.3 Å². The van der Waals surface area contributed by atoms with Gasteiger partial charge in [0.1, 0.15) is 23.1 Å². The predicted molar refractivity (Wildman–Crippen MR) is 99.7 cm³/mol. The summed E-state index contributed by atoms with van der Waals surface area (Å²) in [6.07, 6.45) is 0. The van der Waals surface area contributed by atoms with E-state index in [2.05, 4.69) is 4.99 Å². The molecule has 2 rings (SSSR count). The molecular weight excluding hydrogens is 357 g/mol. The second kappa shape index (κ2) is 8.89. The summed E-state index contributed by atoms with van der Waals surface area (Å²) in [7, 11) is 1.42. The second-order valence-corrected chi connectivity index (χ2v) is 5.48. The molecule has 0 amide bonds. The minimum atomic E-state index is -0.723. The maximum atomic E-state index is 14.8. The number of ether oxygens (including phenoxy) is 2. The highest BCUT2D eigenvalue weighted by molar-refractivity contribution is 7.82. The summed E-state index contributed by atoms with van der Waals surface area (Å²) >= 11 is 5.02. The summed E-state index contributed by atoms with van der Waals surface area (Å²) in [6.45, 7) is -0.355. The molecular formula is C18H16FN3O3S. The summed E-state index contributed by atoms with van der Waals surface area (Å²) in [5.74, 6) is -0.519. The minimum absolute atomic E-state index is 0.00847. The molecule has 0 aliphatic rings. The van der Waals surface area contributed by atoms with Gasteiger partial charge in [-0.2, -0.15) is 5.26 Å². The van der Waals surface area contributed by atoms with Crippen molar-refractivity contribution in [3.05, 3.63) is 53.3 Å². The molecule has 0 bridgehead atoms. The molecule has 2 aromatic carbocycles. The van der Waals surface area contributed by atoms with E-state index in [1.165, 1.54) is 19.2 Å². The second-order valence-electron chi connectivity index (χ2n) is 5.04. The number of halogens is 1. The Labute approximate surface area is 155 Å². The van der Waals surface area contributed by atoms with Crippen LogP contribution in [0.5, 0.6) is 11.5 Å². The molecule has 0 heterocycles. The van der Waals surface area contributed by atoms with Crippen LogP contribution in [-0.2, 0) is 0 Å². The highest BCUT2D eigenvalue weighted by Crippen LogP contribution is 2.29. The van der Waals surface area contributed by atoms with Crippen molar-refractivity contribution in [3.63, 3.8) is 0 Å². The Morgan fingerprint density at radius 2 is 2.04 bits per heavy atom. The average molecular weight is 373 g/mol. The van der Waals surface area contributed by atoms with Crippen molar-refractivity contribution in [2.75, 3.05) is 20.3 Å². The third-order valence-corrected chi connectivity index (χ3v) is 3.52. The molecule has 0 unspecified atom stereocenters. The smallest absolute Gasteiger partial charge is 0.174 e. The van der Waals surface area contributed by atoms with Gasteiger partial charge < -0.3 is 20.3 Å². The average Bonchev–Trinajstić information content (AvgIpc) is 2.65.